The molecule has 6 heteroatoms. The van der Waals surface area contributed by atoms with Crippen molar-refractivity contribution >= 4 is 27.6 Å². The summed E-state index contributed by atoms with van der Waals surface area (Å²) in [5.41, 5.74) is 8.80. The minimum Gasteiger partial charge on any atom is -0.375 e. The Labute approximate surface area is 126 Å². The molecule has 3 heterocycles. The lowest BCUT2D eigenvalue weighted by molar-refractivity contribution is 0.664. The van der Waals surface area contributed by atoms with Crippen LogP contribution in [0.3, 0.4) is 0 Å². The van der Waals surface area contributed by atoms with Crippen molar-refractivity contribution in [3.63, 3.8) is 0 Å². The van der Waals surface area contributed by atoms with Crippen LogP contribution in [0, 0.1) is 0 Å². The molecule has 0 bridgehead atoms. The van der Waals surface area contributed by atoms with Gasteiger partial charge in [0.25, 0.3) is 0 Å². The number of nitrogen functional groups attached to an aromatic ring is 1. The van der Waals surface area contributed by atoms with Crippen molar-refractivity contribution in [3.8, 4) is 0 Å². The Kier molecular flexibility index (Phi) is 3.11. The first kappa shape index (κ1) is 12.8. The molecule has 0 aromatic carbocycles. The van der Waals surface area contributed by atoms with Gasteiger partial charge in [-0.05, 0) is 37.8 Å². The van der Waals surface area contributed by atoms with Crippen LogP contribution in [0.2, 0.25) is 0 Å². The van der Waals surface area contributed by atoms with E-state index in [-0.39, 0.29) is 0 Å². The Hall–Kier alpha value is -1.95. The molecule has 0 atom stereocenters. The zero-order chi connectivity index (χ0) is 14.2. The molecule has 3 aromatic rings. The first-order valence-electron chi connectivity index (χ1n) is 7.33. The number of thiazole rings is 1. The maximum absolute atomic E-state index is 5.67. The van der Waals surface area contributed by atoms with E-state index >= 15 is 0 Å². The predicted molar refractivity (Wildman–Crippen MR) is 84.4 cm³/mol. The third kappa shape index (κ3) is 2.51. The van der Waals surface area contributed by atoms with Crippen molar-refractivity contribution in [2.75, 3.05) is 5.73 Å². The number of hydrogen-bond acceptors (Lipinski definition) is 5. The SMILES string of the molecule is Nc1nc(CCCc2nc3cccnc3n2C2CC2)cs1. The van der Waals surface area contributed by atoms with Crippen molar-refractivity contribution in [1.82, 2.24) is 19.5 Å². The average Bonchev–Trinajstić information content (AvgIpc) is 3.13. The number of nitrogens with two attached hydrogens (primary N) is 1. The van der Waals surface area contributed by atoms with Gasteiger partial charge in [0.1, 0.15) is 11.3 Å². The summed E-state index contributed by atoms with van der Waals surface area (Å²) in [7, 11) is 0. The van der Waals surface area contributed by atoms with Gasteiger partial charge in [-0.15, -0.1) is 11.3 Å². The fourth-order valence-corrected chi connectivity index (χ4v) is 3.33. The maximum Gasteiger partial charge on any atom is 0.180 e. The van der Waals surface area contributed by atoms with Crippen LogP contribution in [0.25, 0.3) is 11.2 Å². The number of pyridine rings is 1. The highest BCUT2D eigenvalue weighted by atomic mass is 32.1. The summed E-state index contributed by atoms with van der Waals surface area (Å²) in [6, 6.07) is 4.61. The second-order valence-corrected chi connectivity index (χ2v) is 6.40. The number of imidazole rings is 1. The molecule has 1 aliphatic rings. The van der Waals surface area contributed by atoms with Crippen molar-refractivity contribution in [3.05, 3.63) is 35.2 Å². The molecule has 2 N–H and O–H groups in total. The number of rotatable bonds is 5. The van der Waals surface area contributed by atoms with Gasteiger partial charge in [-0.2, -0.15) is 0 Å². The van der Waals surface area contributed by atoms with E-state index in [1.54, 1.807) is 0 Å². The Balaban J connectivity index is 1.54. The van der Waals surface area contributed by atoms with Crippen molar-refractivity contribution < 1.29 is 0 Å². The first-order chi connectivity index (χ1) is 10.3. The molecule has 0 aliphatic heterocycles. The van der Waals surface area contributed by atoms with E-state index in [0.29, 0.717) is 11.2 Å². The molecule has 0 amide bonds. The van der Waals surface area contributed by atoms with E-state index in [1.165, 1.54) is 24.2 Å². The summed E-state index contributed by atoms with van der Waals surface area (Å²) in [5.74, 6) is 1.16. The van der Waals surface area contributed by atoms with Crippen molar-refractivity contribution in [2.24, 2.45) is 0 Å². The van der Waals surface area contributed by atoms with Crippen LogP contribution in [-0.2, 0) is 12.8 Å². The largest absolute Gasteiger partial charge is 0.375 e. The third-order valence-electron chi connectivity index (χ3n) is 3.84. The molecule has 1 aliphatic carbocycles. The summed E-state index contributed by atoms with van der Waals surface area (Å²) in [6.07, 6.45) is 7.30. The zero-order valence-corrected chi connectivity index (χ0v) is 12.5. The van der Waals surface area contributed by atoms with Gasteiger partial charge < -0.3 is 10.3 Å². The lowest BCUT2D eigenvalue weighted by atomic mass is 10.2. The number of aromatic nitrogens is 4. The Morgan fingerprint density at radius 3 is 2.95 bits per heavy atom. The summed E-state index contributed by atoms with van der Waals surface area (Å²) in [6.45, 7) is 0. The fourth-order valence-electron chi connectivity index (χ4n) is 2.73. The number of nitrogens with zero attached hydrogens (tertiary/aromatic N) is 4. The second kappa shape index (κ2) is 5.11. The highest BCUT2D eigenvalue weighted by molar-refractivity contribution is 7.13. The van der Waals surface area contributed by atoms with E-state index in [0.717, 1.165) is 41.9 Å². The molecule has 108 valence electrons. The topological polar surface area (TPSA) is 69.6 Å². The Morgan fingerprint density at radius 2 is 2.19 bits per heavy atom. The Bertz CT molecular complexity index is 771. The van der Waals surface area contributed by atoms with Crippen LogP contribution in [0.4, 0.5) is 5.13 Å². The van der Waals surface area contributed by atoms with Crippen LogP contribution in [0.15, 0.2) is 23.7 Å². The van der Waals surface area contributed by atoms with E-state index in [2.05, 4.69) is 14.5 Å². The highest BCUT2D eigenvalue weighted by Crippen LogP contribution is 2.38. The van der Waals surface area contributed by atoms with Crippen LogP contribution in [0.1, 0.15) is 36.8 Å². The standard InChI is InChI=1S/C15H17N5S/c16-15-18-10(9-21-15)3-1-5-13-19-12-4-2-8-17-14(12)20(13)11-6-7-11/h2,4,8-9,11H,1,3,5-7H2,(H2,16,18). The lowest BCUT2D eigenvalue weighted by Crippen LogP contribution is -2.03. The molecular weight excluding hydrogens is 282 g/mol. The van der Waals surface area contributed by atoms with Gasteiger partial charge >= 0.3 is 0 Å². The number of fused-ring (bicyclic) bond motifs is 1. The normalized spacial score (nSPS) is 14.9. The van der Waals surface area contributed by atoms with Gasteiger partial charge in [0.15, 0.2) is 10.8 Å². The monoisotopic (exact) mass is 299 g/mol. The maximum atomic E-state index is 5.67. The minimum atomic E-state index is 0.606. The quantitative estimate of drug-likeness (QED) is 0.786. The molecule has 1 saturated carbocycles. The van der Waals surface area contributed by atoms with Gasteiger partial charge in [-0.1, -0.05) is 0 Å². The molecule has 3 aromatic heterocycles. The molecule has 0 unspecified atom stereocenters. The molecule has 0 saturated heterocycles. The van der Waals surface area contributed by atoms with E-state index in [4.69, 9.17) is 10.7 Å². The molecule has 4 rings (SSSR count). The number of aryl methyl sites for hydroxylation is 2. The third-order valence-corrected chi connectivity index (χ3v) is 4.56. The summed E-state index contributed by atoms with van der Waals surface area (Å²) in [4.78, 5) is 13.6. The summed E-state index contributed by atoms with van der Waals surface area (Å²) >= 11 is 1.51. The van der Waals surface area contributed by atoms with Gasteiger partial charge in [0.2, 0.25) is 0 Å². The predicted octanol–water partition coefficient (Wildman–Crippen LogP) is 2.98. The van der Waals surface area contributed by atoms with Gasteiger partial charge in [-0.3, -0.25) is 0 Å². The molecular formula is C15H17N5S. The van der Waals surface area contributed by atoms with Crippen LogP contribution in [0.5, 0.6) is 0 Å². The van der Waals surface area contributed by atoms with Crippen molar-refractivity contribution in [1.29, 1.82) is 0 Å². The zero-order valence-electron chi connectivity index (χ0n) is 11.7. The van der Waals surface area contributed by atoms with Crippen molar-refractivity contribution in [2.45, 2.75) is 38.1 Å². The summed E-state index contributed by atoms with van der Waals surface area (Å²) < 4.78 is 2.34. The van der Waals surface area contributed by atoms with Crippen LogP contribution >= 0.6 is 11.3 Å². The molecule has 1 fully saturated rings. The average molecular weight is 299 g/mol. The van der Waals surface area contributed by atoms with Gasteiger partial charge in [-0.25, -0.2) is 15.0 Å². The highest BCUT2D eigenvalue weighted by Gasteiger charge is 2.28. The van der Waals surface area contributed by atoms with Crippen LogP contribution < -0.4 is 5.73 Å². The van der Waals surface area contributed by atoms with E-state index < -0.39 is 0 Å². The smallest absolute Gasteiger partial charge is 0.180 e. The molecule has 0 spiro atoms. The first-order valence-corrected chi connectivity index (χ1v) is 8.21. The van der Waals surface area contributed by atoms with Gasteiger partial charge in [0, 0.05) is 24.0 Å². The Morgan fingerprint density at radius 1 is 1.29 bits per heavy atom. The second-order valence-electron chi connectivity index (χ2n) is 5.51. The van der Waals surface area contributed by atoms with E-state index in [1.807, 2.05) is 23.7 Å². The minimum absolute atomic E-state index is 0.606. The fraction of sp³-hybridized carbons (Fsp3) is 0.400. The lowest BCUT2D eigenvalue weighted by Gasteiger charge is -2.06. The number of anilines is 1. The van der Waals surface area contributed by atoms with Gasteiger partial charge in [0.05, 0.1) is 5.69 Å². The van der Waals surface area contributed by atoms with Crippen LogP contribution in [-0.4, -0.2) is 19.5 Å². The molecule has 5 nitrogen and oxygen atoms in total. The number of hydrogen-bond donors (Lipinski definition) is 1. The summed E-state index contributed by atoms with van der Waals surface area (Å²) in [5, 5.41) is 2.69. The molecule has 21 heavy (non-hydrogen) atoms. The van der Waals surface area contributed by atoms with E-state index in [9.17, 15) is 0 Å². The molecule has 0 radical (unpaired) electrons.